The first-order valence-corrected chi connectivity index (χ1v) is 16.8. The van der Waals surface area contributed by atoms with Crippen LogP contribution >= 0.6 is 58.1 Å². The number of nitrogens with zero attached hydrogens (tertiary/aromatic N) is 2. The van der Waals surface area contributed by atoms with Crippen LogP contribution in [-0.4, -0.2) is 25.8 Å². The molecule has 0 aliphatic carbocycles. The summed E-state index contributed by atoms with van der Waals surface area (Å²) in [6.07, 6.45) is 0. The second-order valence-electron chi connectivity index (χ2n) is 9.53. The van der Waals surface area contributed by atoms with Gasteiger partial charge in [0.25, 0.3) is 0 Å². The van der Waals surface area contributed by atoms with E-state index < -0.39 is 24.8 Å². The van der Waals surface area contributed by atoms with Gasteiger partial charge in [0, 0.05) is 26.7 Å². The molecule has 0 aliphatic rings. The van der Waals surface area contributed by atoms with Crippen LogP contribution in [0.1, 0.15) is 21.5 Å². The molecule has 0 radical (unpaired) electrons. The fraction of sp³-hybridized carbons (Fsp3) is 0.0667. The standard InChI is InChI=1S/C30H20BrCl2F2N2O6PS/c31-23-12-17(8-10-22(23)30(34,35)44(40,41)42)15-37(19-9-11-24(32)25(33)14-19)29-36-26(16-45-29)18-4-3-5-20(13-18)43-27-7-2-1-6-21(27)28(38)39/h1-14,16H,15H2,(H,38,39)(H2,40,41,42). The molecule has 4 aromatic carbocycles. The molecule has 0 aliphatic heterocycles. The maximum absolute atomic E-state index is 14.4. The Morgan fingerprint density at radius 1 is 1.00 bits per heavy atom. The molecule has 1 aromatic heterocycles. The molecule has 0 spiro atoms. The summed E-state index contributed by atoms with van der Waals surface area (Å²) in [7, 11) is -5.77. The van der Waals surface area contributed by atoms with Crippen molar-refractivity contribution in [2.75, 3.05) is 4.90 Å². The van der Waals surface area contributed by atoms with E-state index in [-0.39, 0.29) is 27.4 Å². The number of hydrogen-bond acceptors (Lipinski definition) is 6. The van der Waals surface area contributed by atoms with E-state index in [1.165, 1.54) is 29.5 Å². The van der Waals surface area contributed by atoms with Crippen LogP contribution in [0.15, 0.2) is 94.8 Å². The molecule has 0 saturated heterocycles. The summed E-state index contributed by atoms with van der Waals surface area (Å²) in [4.78, 5) is 36.5. The summed E-state index contributed by atoms with van der Waals surface area (Å²) < 4.78 is 46.0. The fourth-order valence-electron chi connectivity index (χ4n) is 4.26. The van der Waals surface area contributed by atoms with Crippen molar-refractivity contribution < 1.29 is 37.8 Å². The summed E-state index contributed by atoms with van der Waals surface area (Å²) in [5.74, 6) is -0.540. The Bertz CT molecular complexity index is 1960. The molecule has 0 saturated carbocycles. The zero-order valence-corrected chi connectivity index (χ0v) is 27.4. The number of carbonyl (C=O) groups is 1. The number of halogens is 5. The van der Waals surface area contributed by atoms with E-state index in [9.17, 15) is 33.0 Å². The van der Waals surface area contributed by atoms with Crippen molar-refractivity contribution in [3.05, 3.63) is 122 Å². The van der Waals surface area contributed by atoms with E-state index in [0.29, 0.717) is 38.4 Å². The molecule has 15 heteroatoms. The normalized spacial score (nSPS) is 11.8. The number of hydrogen-bond donors (Lipinski definition) is 3. The lowest BCUT2D eigenvalue weighted by Gasteiger charge is -2.24. The Morgan fingerprint density at radius 2 is 1.76 bits per heavy atom. The first-order chi connectivity index (χ1) is 21.2. The number of ether oxygens (including phenoxy) is 1. The molecule has 5 aromatic rings. The van der Waals surface area contributed by atoms with Crippen molar-refractivity contribution >= 4 is 74.9 Å². The van der Waals surface area contributed by atoms with Gasteiger partial charge in [0.2, 0.25) is 0 Å². The largest absolute Gasteiger partial charge is 0.478 e. The van der Waals surface area contributed by atoms with Gasteiger partial charge in [-0.05, 0) is 54.1 Å². The number of anilines is 2. The van der Waals surface area contributed by atoms with Gasteiger partial charge in [-0.1, -0.05) is 75.5 Å². The lowest BCUT2D eigenvalue weighted by molar-refractivity contribution is 0.0557. The average Bonchev–Trinajstić information content (AvgIpc) is 3.47. The molecule has 0 amide bonds. The minimum Gasteiger partial charge on any atom is -0.478 e. The van der Waals surface area contributed by atoms with Gasteiger partial charge in [-0.2, -0.15) is 8.78 Å². The third-order valence-corrected chi connectivity index (χ3v) is 9.71. The van der Waals surface area contributed by atoms with E-state index in [0.717, 1.165) is 6.07 Å². The van der Waals surface area contributed by atoms with E-state index in [2.05, 4.69) is 15.9 Å². The van der Waals surface area contributed by atoms with Gasteiger partial charge in [0.05, 0.1) is 22.3 Å². The van der Waals surface area contributed by atoms with Gasteiger partial charge in [-0.3, -0.25) is 4.57 Å². The van der Waals surface area contributed by atoms with E-state index >= 15 is 0 Å². The molecule has 1 heterocycles. The highest BCUT2D eigenvalue weighted by Crippen LogP contribution is 2.60. The number of para-hydroxylation sites is 1. The minimum atomic E-state index is -5.77. The molecule has 232 valence electrons. The van der Waals surface area contributed by atoms with Crippen molar-refractivity contribution in [1.29, 1.82) is 0 Å². The zero-order valence-electron chi connectivity index (χ0n) is 22.6. The van der Waals surface area contributed by atoms with Crippen LogP contribution in [0, 0.1) is 0 Å². The average molecular weight is 756 g/mol. The Balaban J connectivity index is 1.48. The quantitative estimate of drug-likeness (QED) is 0.121. The first kappa shape index (κ1) is 33.0. The lowest BCUT2D eigenvalue weighted by atomic mass is 10.1. The highest BCUT2D eigenvalue weighted by Gasteiger charge is 2.51. The second kappa shape index (κ2) is 13.2. The van der Waals surface area contributed by atoms with Crippen LogP contribution in [0.25, 0.3) is 11.3 Å². The van der Waals surface area contributed by atoms with Crippen molar-refractivity contribution in [2.24, 2.45) is 0 Å². The predicted molar refractivity (Wildman–Crippen MR) is 173 cm³/mol. The third kappa shape index (κ3) is 7.23. The first-order valence-electron chi connectivity index (χ1n) is 12.8. The molecular formula is C30H20BrCl2F2N2O6PS. The van der Waals surface area contributed by atoms with Gasteiger partial charge >= 0.3 is 19.2 Å². The molecule has 45 heavy (non-hydrogen) atoms. The van der Waals surface area contributed by atoms with Crippen LogP contribution in [0.5, 0.6) is 11.5 Å². The van der Waals surface area contributed by atoms with Crippen LogP contribution in [0.3, 0.4) is 0 Å². The number of aromatic nitrogens is 1. The second-order valence-corrected chi connectivity index (χ2v) is 13.7. The fourth-order valence-corrected chi connectivity index (χ4v) is 6.75. The maximum Gasteiger partial charge on any atom is 0.399 e. The van der Waals surface area contributed by atoms with Crippen molar-refractivity contribution in [1.82, 2.24) is 4.98 Å². The van der Waals surface area contributed by atoms with Crippen LogP contribution < -0.4 is 9.64 Å². The minimum absolute atomic E-state index is 0.0150. The van der Waals surface area contributed by atoms with E-state index in [4.69, 9.17) is 32.9 Å². The van der Waals surface area contributed by atoms with Gasteiger partial charge in [0.1, 0.15) is 17.1 Å². The number of benzene rings is 4. The molecule has 0 fully saturated rings. The Morgan fingerprint density at radius 3 is 2.44 bits per heavy atom. The summed E-state index contributed by atoms with van der Waals surface area (Å²) >= 11 is 16.8. The number of carboxylic acids is 1. The molecular weight excluding hydrogens is 736 g/mol. The third-order valence-electron chi connectivity index (χ3n) is 6.48. The molecule has 8 nitrogen and oxygen atoms in total. The highest BCUT2D eigenvalue weighted by atomic mass is 79.9. The Kier molecular flexibility index (Phi) is 9.67. The molecule has 5 rings (SSSR count). The Labute approximate surface area is 277 Å². The monoisotopic (exact) mass is 754 g/mol. The van der Waals surface area contributed by atoms with Crippen LogP contribution in [-0.2, 0) is 16.8 Å². The molecule has 3 N–H and O–H groups in total. The number of carboxylic acid groups (broad SMARTS) is 1. The highest BCUT2D eigenvalue weighted by molar-refractivity contribution is 9.10. The molecule has 0 bridgehead atoms. The molecule has 0 unspecified atom stereocenters. The van der Waals surface area contributed by atoms with Crippen molar-refractivity contribution in [2.45, 2.75) is 12.2 Å². The van der Waals surface area contributed by atoms with Gasteiger partial charge in [-0.15, -0.1) is 11.3 Å². The molecule has 0 atom stereocenters. The van der Waals surface area contributed by atoms with E-state index in [1.807, 2.05) is 11.4 Å². The number of thiazole rings is 1. The van der Waals surface area contributed by atoms with Gasteiger partial charge in [0.15, 0.2) is 5.13 Å². The number of alkyl halides is 2. The lowest BCUT2D eigenvalue weighted by Crippen LogP contribution is -2.18. The van der Waals surface area contributed by atoms with Gasteiger partial charge < -0.3 is 24.5 Å². The van der Waals surface area contributed by atoms with Crippen LogP contribution in [0.2, 0.25) is 10.0 Å². The number of rotatable bonds is 10. The number of aromatic carboxylic acids is 1. The van der Waals surface area contributed by atoms with E-state index in [1.54, 1.807) is 59.5 Å². The predicted octanol–water partition coefficient (Wildman–Crippen LogP) is 9.94. The summed E-state index contributed by atoms with van der Waals surface area (Å²) in [5, 5.41) is 12.4. The summed E-state index contributed by atoms with van der Waals surface area (Å²) in [6, 6.07) is 21.9. The zero-order chi connectivity index (χ0) is 32.5. The SMILES string of the molecule is O=C(O)c1ccccc1Oc1cccc(-c2csc(N(Cc3ccc(C(F)(F)P(=O)(O)O)c(Br)c3)c3ccc(Cl)c(Cl)c3)n2)c1. The summed E-state index contributed by atoms with van der Waals surface area (Å²) in [5.41, 5.74) is -2.84. The van der Waals surface area contributed by atoms with Crippen LogP contribution in [0.4, 0.5) is 19.6 Å². The van der Waals surface area contributed by atoms with Gasteiger partial charge in [-0.25, -0.2) is 9.78 Å². The smallest absolute Gasteiger partial charge is 0.399 e. The Hall–Kier alpha value is -3.35. The topological polar surface area (TPSA) is 120 Å². The maximum atomic E-state index is 14.4. The summed E-state index contributed by atoms with van der Waals surface area (Å²) in [6.45, 7) is 0.112. The van der Waals surface area contributed by atoms with Crippen molar-refractivity contribution in [3.8, 4) is 22.8 Å². The van der Waals surface area contributed by atoms with Crippen molar-refractivity contribution in [3.63, 3.8) is 0 Å².